The molecule has 0 radical (unpaired) electrons. The maximum absolute atomic E-state index is 12.6. The van der Waals surface area contributed by atoms with Crippen LogP contribution in [0, 0.1) is 6.92 Å². The van der Waals surface area contributed by atoms with Crippen LogP contribution in [0.2, 0.25) is 0 Å². The number of hydrogen-bond donors (Lipinski definition) is 2. The van der Waals surface area contributed by atoms with E-state index in [2.05, 4.69) is 15.8 Å². The fourth-order valence-electron chi connectivity index (χ4n) is 2.02. The second-order valence-electron chi connectivity index (χ2n) is 4.71. The van der Waals surface area contributed by atoms with E-state index in [1.165, 1.54) is 4.88 Å². The summed E-state index contributed by atoms with van der Waals surface area (Å²) in [6.07, 6.45) is -1.55. The molecule has 0 saturated carbocycles. The largest absolute Gasteiger partial charge is 0.409 e. The van der Waals surface area contributed by atoms with Gasteiger partial charge in [-0.2, -0.15) is 13.2 Å². The number of rotatable bonds is 2. The average molecular weight is 311 g/mol. The normalized spacial score (nSPS) is 18.5. The second kappa shape index (κ2) is 5.16. The fourth-order valence-corrected chi connectivity index (χ4v) is 2.88. The van der Waals surface area contributed by atoms with Crippen LogP contribution in [-0.4, -0.2) is 17.2 Å². The van der Waals surface area contributed by atoms with E-state index >= 15 is 0 Å². The molecule has 3 rings (SSSR count). The maximum atomic E-state index is 12.6. The van der Waals surface area contributed by atoms with Crippen molar-refractivity contribution in [2.75, 3.05) is 0 Å². The zero-order valence-corrected chi connectivity index (χ0v) is 11.8. The highest BCUT2D eigenvalue weighted by Gasteiger charge is 2.41. The van der Waals surface area contributed by atoms with Crippen molar-refractivity contribution >= 4 is 17.0 Å². The van der Waals surface area contributed by atoms with E-state index in [0.717, 1.165) is 16.5 Å². The minimum Gasteiger partial charge on any atom is -0.319 e. The summed E-state index contributed by atoms with van der Waals surface area (Å²) in [5, 5.41) is 0. The van der Waals surface area contributed by atoms with E-state index in [1.54, 1.807) is 23.6 Å². The number of hydrogen-bond acceptors (Lipinski definition) is 4. The lowest BCUT2D eigenvalue weighted by Gasteiger charge is -2.11. The van der Waals surface area contributed by atoms with Gasteiger partial charge in [-0.15, -0.1) is 11.3 Å². The lowest BCUT2D eigenvalue weighted by atomic mass is 10.2. The van der Waals surface area contributed by atoms with Crippen LogP contribution >= 0.6 is 11.3 Å². The molecular formula is C14H12F3N3S. The average Bonchev–Trinajstić information content (AvgIpc) is 3.07. The van der Waals surface area contributed by atoms with Crippen LogP contribution in [-0.2, 0) is 0 Å². The molecule has 1 atom stereocenters. The van der Waals surface area contributed by atoms with Crippen molar-refractivity contribution in [1.82, 2.24) is 15.8 Å². The lowest BCUT2D eigenvalue weighted by molar-refractivity contribution is -0.144. The van der Waals surface area contributed by atoms with Crippen LogP contribution in [0.15, 0.2) is 36.5 Å². The predicted molar refractivity (Wildman–Crippen MR) is 76.4 cm³/mol. The van der Waals surface area contributed by atoms with E-state index < -0.39 is 12.2 Å². The molecule has 0 spiro atoms. The van der Waals surface area contributed by atoms with Crippen LogP contribution in [0.25, 0.3) is 16.1 Å². The van der Waals surface area contributed by atoms with Gasteiger partial charge >= 0.3 is 6.18 Å². The van der Waals surface area contributed by atoms with Crippen molar-refractivity contribution < 1.29 is 13.2 Å². The molecule has 1 aliphatic rings. The molecule has 0 bridgehead atoms. The summed E-state index contributed by atoms with van der Waals surface area (Å²) in [7, 11) is 0. The number of nitrogens with zero attached hydrogens (tertiary/aromatic N) is 1. The minimum absolute atomic E-state index is 0.339. The van der Waals surface area contributed by atoms with E-state index in [0.29, 0.717) is 11.4 Å². The highest BCUT2D eigenvalue weighted by molar-refractivity contribution is 7.15. The van der Waals surface area contributed by atoms with Gasteiger partial charge in [-0.1, -0.05) is 0 Å². The van der Waals surface area contributed by atoms with Crippen molar-refractivity contribution in [1.29, 1.82) is 0 Å². The number of thiophene rings is 1. The molecule has 1 unspecified atom stereocenters. The van der Waals surface area contributed by atoms with Gasteiger partial charge in [0.2, 0.25) is 0 Å². The Morgan fingerprint density at radius 2 is 2.00 bits per heavy atom. The van der Waals surface area contributed by atoms with Crippen LogP contribution in [0.5, 0.6) is 0 Å². The molecule has 110 valence electrons. The SMILES string of the molecule is Cc1ccc(-c2ccc(C3=CC(C(F)(F)F)NN3)nc2)s1. The molecular weight excluding hydrogens is 299 g/mol. The number of hydrazine groups is 1. The van der Waals surface area contributed by atoms with Crippen LogP contribution in [0.1, 0.15) is 10.6 Å². The molecule has 0 fully saturated rings. The van der Waals surface area contributed by atoms with E-state index in [4.69, 9.17) is 0 Å². The molecule has 0 aliphatic carbocycles. The highest BCUT2D eigenvalue weighted by atomic mass is 32.1. The second-order valence-corrected chi connectivity index (χ2v) is 6.00. The third-order valence-corrected chi connectivity index (χ3v) is 4.16. The van der Waals surface area contributed by atoms with Gasteiger partial charge in [-0.25, -0.2) is 5.43 Å². The Hall–Kier alpha value is -1.86. The summed E-state index contributed by atoms with van der Waals surface area (Å²) in [5.74, 6) is 0. The molecule has 21 heavy (non-hydrogen) atoms. The molecule has 3 nitrogen and oxygen atoms in total. The zero-order valence-electron chi connectivity index (χ0n) is 11.0. The van der Waals surface area contributed by atoms with Crippen molar-refractivity contribution in [2.45, 2.75) is 19.1 Å². The number of aryl methyl sites for hydroxylation is 1. The molecule has 1 aliphatic heterocycles. The molecule has 7 heteroatoms. The molecule has 2 N–H and O–H groups in total. The van der Waals surface area contributed by atoms with Crippen LogP contribution < -0.4 is 10.9 Å². The first-order valence-electron chi connectivity index (χ1n) is 6.27. The van der Waals surface area contributed by atoms with Gasteiger partial charge in [-0.3, -0.25) is 4.98 Å². The van der Waals surface area contributed by atoms with Gasteiger partial charge in [0.15, 0.2) is 0 Å². The van der Waals surface area contributed by atoms with Crippen molar-refractivity contribution in [2.24, 2.45) is 0 Å². The van der Waals surface area contributed by atoms with Gasteiger partial charge in [0, 0.05) is 21.5 Å². The van der Waals surface area contributed by atoms with Crippen LogP contribution in [0.4, 0.5) is 13.2 Å². The standard InChI is InChI=1S/C14H12F3N3S/c1-8-2-5-12(21-8)9-3-4-10(18-7-9)11-6-13(20-19-11)14(15,16)17/h2-7,13,19-20H,1H3. The fraction of sp³-hybridized carbons (Fsp3) is 0.214. The van der Waals surface area contributed by atoms with Crippen molar-refractivity contribution in [3.63, 3.8) is 0 Å². The van der Waals surface area contributed by atoms with Crippen molar-refractivity contribution in [3.05, 3.63) is 47.1 Å². The van der Waals surface area contributed by atoms with Gasteiger partial charge in [-0.05, 0) is 37.3 Å². The molecule has 2 aromatic heterocycles. The minimum atomic E-state index is -4.32. The quantitative estimate of drug-likeness (QED) is 0.891. The smallest absolute Gasteiger partial charge is 0.319 e. The molecule has 0 aromatic carbocycles. The summed E-state index contributed by atoms with van der Waals surface area (Å²) in [6.45, 7) is 2.02. The van der Waals surface area contributed by atoms with Crippen molar-refractivity contribution in [3.8, 4) is 10.4 Å². The first kappa shape index (κ1) is 14.1. The summed E-state index contributed by atoms with van der Waals surface area (Å²) in [6, 6.07) is 5.91. The third-order valence-electron chi connectivity index (χ3n) is 3.11. The number of pyridine rings is 1. The van der Waals surface area contributed by atoms with Gasteiger partial charge in [0.1, 0.15) is 6.04 Å². The summed E-state index contributed by atoms with van der Waals surface area (Å²) in [5.41, 5.74) is 6.48. The Kier molecular flexibility index (Phi) is 3.46. The first-order valence-corrected chi connectivity index (χ1v) is 7.08. The number of halogens is 3. The Labute approximate surface area is 123 Å². The Morgan fingerprint density at radius 3 is 2.52 bits per heavy atom. The topological polar surface area (TPSA) is 37.0 Å². The molecule has 0 amide bonds. The molecule has 0 saturated heterocycles. The Bertz CT molecular complexity index is 674. The van der Waals surface area contributed by atoms with Crippen LogP contribution in [0.3, 0.4) is 0 Å². The van der Waals surface area contributed by atoms with Gasteiger partial charge in [0.25, 0.3) is 0 Å². The lowest BCUT2D eigenvalue weighted by Crippen LogP contribution is -2.41. The van der Waals surface area contributed by atoms with E-state index in [1.807, 2.05) is 25.1 Å². The Morgan fingerprint density at radius 1 is 1.19 bits per heavy atom. The van der Waals surface area contributed by atoms with Gasteiger partial charge < -0.3 is 5.43 Å². The summed E-state index contributed by atoms with van der Waals surface area (Å²) < 4.78 is 37.7. The third kappa shape index (κ3) is 2.93. The zero-order chi connectivity index (χ0) is 15.0. The summed E-state index contributed by atoms with van der Waals surface area (Å²) >= 11 is 1.65. The van der Waals surface area contributed by atoms with E-state index in [-0.39, 0.29) is 0 Å². The molecule has 3 heterocycles. The summed E-state index contributed by atoms with van der Waals surface area (Å²) in [4.78, 5) is 6.52. The predicted octanol–water partition coefficient (Wildman–Crippen LogP) is 3.50. The Balaban J connectivity index is 1.82. The highest BCUT2D eigenvalue weighted by Crippen LogP contribution is 2.29. The number of aromatic nitrogens is 1. The van der Waals surface area contributed by atoms with E-state index in [9.17, 15) is 13.2 Å². The monoisotopic (exact) mass is 311 g/mol. The van der Waals surface area contributed by atoms with Gasteiger partial charge in [0.05, 0.1) is 11.4 Å². The maximum Gasteiger partial charge on any atom is 0.409 e. The number of nitrogens with one attached hydrogen (secondary N) is 2. The first-order chi connectivity index (χ1) is 9.93. The molecule has 2 aromatic rings. The number of alkyl halides is 3.